The molecule has 0 amide bonds. The van der Waals surface area contributed by atoms with Crippen LogP contribution in [-0.4, -0.2) is 26.8 Å². The van der Waals surface area contributed by atoms with E-state index in [4.69, 9.17) is 9.47 Å². The summed E-state index contributed by atoms with van der Waals surface area (Å²) in [6.07, 6.45) is 0. The largest absolute Gasteiger partial charge is 0.497 e. The smallest absolute Gasteiger partial charge is 0.119 e. The fraction of sp³-hybridized carbons (Fsp3) is 0.385. The van der Waals surface area contributed by atoms with Gasteiger partial charge in [0, 0.05) is 6.54 Å². The van der Waals surface area contributed by atoms with Gasteiger partial charge in [0.2, 0.25) is 0 Å². The minimum atomic E-state index is 0.637. The van der Waals surface area contributed by atoms with Crippen molar-refractivity contribution in [2.45, 2.75) is 6.92 Å². The molecule has 16 heavy (non-hydrogen) atoms. The van der Waals surface area contributed by atoms with Crippen molar-refractivity contribution in [2.75, 3.05) is 26.8 Å². The lowest BCUT2D eigenvalue weighted by atomic mass is 10.3. The number of hydrogen-bond donors (Lipinski definition) is 1. The first-order valence-electron chi connectivity index (χ1n) is 5.24. The van der Waals surface area contributed by atoms with Crippen molar-refractivity contribution in [2.24, 2.45) is 0 Å². The molecule has 0 aliphatic heterocycles. The average Bonchev–Trinajstić information content (AvgIpc) is 2.34. The number of hydrogen-bond acceptors (Lipinski definition) is 3. The van der Waals surface area contributed by atoms with E-state index < -0.39 is 0 Å². The minimum absolute atomic E-state index is 0.637. The molecule has 1 N–H and O–H groups in total. The van der Waals surface area contributed by atoms with Gasteiger partial charge in [-0.3, -0.25) is 0 Å². The van der Waals surface area contributed by atoms with E-state index in [-0.39, 0.29) is 0 Å². The number of methoxy groups -OCH3 is 1. The van der Waals surface area contributed by atoms with Gasteiger partial charge in [-0.25, -0.2) is 0 Å². The summed E-state index contributed by atoms with van der Waals surface area (Å²) in [5.41, 5.74) is 0. The normalized spacial score (nSPS) is 9.12. The monoisotopic (exact) mass is 219 g/mol. The minimum Gasteiger partial charge on any atom is -0.497 e. The Morgan fingerprint density at radius 3 is 2.50 bits per heavy atom. The molecule has 1 aromatic rings. The van der Waals surface area contributed by atoms with Crippen LogP contribution in [0.25, 0.3) is 0 Å². The van der Waals surface area contributed by atoms with Crippen LogP contribution < -0.4 is 14.8 Å². The van der Waals surface area contributed by atoms with E-state index in [0.29, 0.717) is 13.2 Å². The Hall–Kier alpha value is -1.66. The summed E-state index contributed by atoms with van der Waals surface area (Å²) in [7, 11) is 1.65. The van der Waals surface area contributed by atoms with Gasteiger partial charge in [-0.2, -0.15) is 0 Å². The summed E-state index contributed by atoms with van der Waals surface area (Å²) in [4.78, 5) is 0. The van der Waals surface area contributed by atoms with E-state index in [9.17, 15) is 0 Å². The van der Waals surface area contributed by atoms with Crippen molar-refractivity contribution >= 4 is 0 Å². The summed E-state index contributed by atoms with van der Waals surface area (Å²) >= 11 is 0. The van der Waals surface area contributed by atoms with Crippen molar-refractivity contribution in [3.05, 3.63) is 24.3 Å². The average molecular weight is 219 g/mol. The van der Waals surface area contributed by atoms with E-state index in [1.807, 2.05) is 31.2 Å². The Labute approximate surface area is 96.8 Å². The zero-order chi connectivity index (χ0) is 11.6. The maximum atomic E-state index is 5.52. The molecule has 0 fully saturated rings. The molecule has 86 valence electrons. The Bertz CT molecular complexity index is 348. The molecule has 3 nitrogen and oxygen atoms in total. The molecule has 0 radical (unpaired) electrons. The van der Waals surface area contributed by atoms with Crippen LogP contribution >= 0.6 is 0 Å². The number of rotatable bonds is 6. The Morgan fingerprint density at radius 2 is 1.88 bits per heavy atom. The Morgan fingerprint density at radius 1 is 1.19 bits per heavy atom. The van der Waals surface area contributed by atoms with Crippen LogP contribution in [0.5, 0.6) is 11.5 Å². The van der Waals surface area contributed by atoms with Crippen molar-refractivity contribution in [1.29, 1.82) is 0 Å². The molecule has 0 aromatic heterocycles. The van der Waals surface area contributed by atoms with Crippen molar-refractivity contribution in [3.63, 3.8) is 0 Å². The van der Waals surface area contributed by atoms with Crippen LogP contribution in [0.2, 0.25) is 0 Å². The van der Waals surface area contributed by atoms with Crippen LogP contribution in [0.4, 0.5) is 0 Å². The third-order valence-electron chi connectivity index (χ3n) is 2.00. The summed E-state index contributed by atoms with van der Waals surface area (Å²) in [6, 6.07) is 7.55. The highest BCUT2D eigenvalue weighted by molar-refractivity contribution is 5.31. The van der Waals surface area contributed by atoms with Crippen molar-refractivity contribution in [3.8, 4) is 23.3 Å². The van der Waals surface area contributed by atoms with Crippen LogP contribution in [-0.2, 0) is 0 Å². The molecule has 0 spiro atoms. The van der Waals surface area contributed by atoms with Gasteiger partial charge in [0.1, 0.15) is 18.1 Å². The van der Waals surface area contributed by atoms with Gasteiger partial charge >= 0.3 is 0 Å². The van der Waals surface area contributed by atoms with Gasteiger partial charge in [0.15, 0.2) is 0 Å². The zero-order valence-electron chi connectivity index (χ0n) is 9.75. The third kappa shape index (κ3) is 4.72. The number of nitrogens with one attached hydrogen (secondary N) is 1. The first-order valence-corrected chi connectivity index (χ1v) is 5.24. The Balaban J connectivity index is 2.18. The highest BCUT2D eigenvalue weighted by Gasteiger charge is 1.94. The second kappa shape index (κ2) is 7.61. The predicted octanol–water partition coefficient (Wildman–Crippen LogP) is 1.69. The highest BCUT2D eigenvalue weighted by Crippen LogP contribution is 2.16. The number of ether oxygens (including phenoxy) is 2. The summed E-state index contributed by atoms with van der Waals surface area (Å²) in [6.45, 7) is 3.97. The first-order chi connectivity index (χ1) is 7.86. The highest BCUT2D eigenvalue weighted by atomic mass is 16.5. The summed E-state index contributed by atoms with van der Waals surface area (Å²) < 4.78 is 10.6. The SMILES string of the molecule is CC#CCNCCOc1ccc(OC)cc1. The lowest BCUT2D eigenvalue weighted by molar-refractivity contribution is 0.316. The van der Waals surface area contributed by atoms with E-state index in [1.54, 1.807) is 7.11 Å². The van der Waals surface area contributed by atoms with E-state index >= 15 is 0 Å². The fourth-order valence-electron chi connectivity index (χ4n) is 1.15. The molecule has 0 saturated heterocycles. The van der Waals surface area contributed by atoms with Crippen LogP contribution in [0, 0.1) is 11.8 Å². The maximum absolute atomic E-state index is 5.52. The van der Waals surface area contributed by atoms with Gasteiger partial charge in [-0.1, -0.05) is 5.92 Å². The molecule has 0 bridgehead atoms. The molecule has 0 saturated carbocycles. The van der Waals surface area contributed by atoms with Gasteiger partial charge in [-0.15, -0.1) is 5.92 Å². The first kappa shape index (κ1) is 12.4. The van der Waals surface area contributed by atoms with Crippen LogP contribution in [0.1, 0.15) is 6.92 Å². The van der Waals surface area contributed by atoms with Gasteiger partial charge < -0.3 is 14.8 Å². The summed E-state index contributed by atoms with van der Waals surface area (Å²) in [5.74, 6) is 7.44. The zero-order valence-corrected chi connectivity index (χ0v) is 9.75. The molecular weight excluding hydrogens is 202 g/mol. The van der Waals surface area contributed by atoms with E-state index in [2.05, 4.69) is 17.2 Å². The Kier molecular flexibility index (Phi) is 5.90. The standard InChI is InChI=1S/C13H17NO2/c1-3-4-9-14-10-11-16-13-7-5-12(15-2)6-8-13/h5-8,14H,9-11H2,1-2H3. The van der Waals surface area contributed by atoms with Crippen LogP contribution in [0.3, 0.4) is 0 Å². The third-order valence-corrected chi connectivity index (χ3v) is 2.00. The molecule has 1 rings (SSSR count). The fourth-order valence-corrected chi connectivity index (χ4v) is 1.15. The van der Waals surface area contributed by atoms with Crippen molar-refractivity contribution < 1.29 is 9.47 Å². The summed E-state index contributed by atoms with van der Waals surface area (Å²) in [5, 5.41) is 3.16. The lowest BCUT2D eigenvalue weighted by Crippen LogP contribution is -2.21. The topological polar surface area (TPSA) is 30.5 Å². The molecule has 0 heterocycles. The molecular formula is C13H17NO2. The van der Waals surface area contributed by atoms with Gasteiger partial charge in [0.05, 0.1) is 13.7 Å². The quantitative estimate of drug-likeness (QED) is 0.583. The molecule has 0 atom stereocenters. The molecule has 3 heteroatoms. The molecule has 0 aliphatic carbocycles. The van der Waals surface area contributed by atoms with Gasteiger partial charge in [0.25, 0.3) is 0 Å². The number of benzene rings is 1. The predicted molar refractivity (Wildman–Crippen MR) is 64.8 cm³/mol. The van der Waals surface area contributed by atoms with Crippen LogP contribution in [0.15, 0.2) is 24.3 Å². The second-order valence-electron chi connectivity index (χ2n) is 3.13. The van der Waals surface area contributed by atoms with E-state index in [1.165, 1.54) is 0 Å². The molecule has 0 aliphatic rings. The lowest BCUT2D eigenvalue weighted by Gasteiger charge is -2.06. The maximum Gasteiger partial charge on any atom is 0.119 e. The molecule has 1 aromatic carbocycles. The molecule has 0 unspecified atom stereocenters. The van der Waals surface area contributed by atoms with Crippen molar-refractivity contribution in [1.82, 2.24) is 5.32 Å². The van der Waals surface area contributed by atoms with E-state index in [0.717, 1.165) is 18.0 Å². The van der Waals surface area contributed by atoms with Gasteiger partial charge in [-0.05, 0) is 31.2 Å². The second-order valence-corrected chi connectivity index (χ2v) is 3.13.